The van der Waals surface area contributed by atoms with E-state index in [1.54, 1.807) is 11.8 Å². The van der Waals surface area contributed by atoms with Gasteiger partial charge in [-0.15, -0.1) is 5.10 Å². The van der Waals surface area contributed by atoms with Gasteiger partial charge in [0.05, 0.1) is 12.8 Å². The molecule has 0 saturated heterocycles. The minimum Gasteiger partial charge on any atom is -0.497 e. The summed E-state index contributed by atoms with van der Waals surface area (Å²) in [5, 5.41) is 8.38. The highest BCUT2D eigenvalue weighted by molar-refractivity contribution is 5.71. The molecule has 106 valence electrons. The number of ether oxygens (including phenoxy) is 1. The second-order valence-corrected chi connectivity index (χ2v) is 4.75. The molecule has 0 bridgehead atoms. The molecule has 0 fully saturated rings. The predicted octanol–water partition coefficient (Wildman–Crippen LogP) is 2.83. The number of aromatic nitrogens is 3. The summed E-state index contributed by atoms with van der Waals surface area (Å²) in [7, 11) is 1.64. The van der Waals surface area contributed by atoms with Crippen molar-refractivity contribution in [3.05, 3.63) is 54.1 Å². The Labute approximate surface area is 123 Å². The van der Waals surface area contributed by atoms with E-state index in [0.29, 0.717) is 11.5 Å². The summed E-state index contributed by atoms with van der Waals surface area (Å²) in [5.41, 5.74) is 9.82. The Kier molecular flexibility index (Phi) is 3.31. The van der Waals surface area contributed by atoms with Crippen LogP contribution in [0.15, 0.2) is 48.5 Å². The third-order valence-electron chi connectivity index (χ3n) is 3.41. The van der Waals surface area contributed by atoms with Crippen molar-refractivity contribution in [3.8, 4) is 22.7 Å². The van der Waals surface area contributed by atoms with Crippen LogP contribution in [0.5, 0.6) is 5.75 Å². The van der Waals surface area contributed by atoms with Crippen molar-refractivity contribution >= 4 is 5.82 Å². The topological polar surface area (TPSA) is 66.0 Å². The first-order valence-electron chi connectivity index (χ1n) is 6.62. The second-order valence-electron chi connectivity index (χ2n) is 4.75. The summed E-state index contributed by atoms with van der Waals surface area (Å²) >= 11 is 0. The normalized spacial score (nSPS) is 10.6. The Hall–Kier alpha value is -2.82. The minimum atomic E-state index is 0.523. The van der Waals surface area contributed by atoms with Crippen LogP contribution in [0.4, 0.5) is 5.82 Å². The number of hydrogen-bond donors (Lipinski definition) is 1. The summed E-state index contributed by atoms with van der Waals surface area (Å²) in [6.07, 6.45) is 0. The number of para-hydroxylation sites is 1. The van der Waals surface area contributed by atoms with Gasteiger partial charge in [0.2, 0.25) is 0 Å². The van der Waals surface area contributed by atoms with Crippen molar-refractivity contribution in [2.24, 2.45) is 0 Å². The van der Waals surface area contributed by atoms with E-state index in [1.165, 1.54) is 0 Å². The lowest BCUT2D eigenvalue weighted by Gasteiger charge is -2.06. The van der Waals surface area contributed by atoms with Gasteiger partial charge in [0, 0.05) is 5.56 Å². The summed E-state index contributed by atoms with van der Waals surface area (Å²) in [5.74, 6) is 1.32. The smallest absolute Gasteiger partial charge is 0.155 e. The number of nitrogens with zero attached hydrogens (tertiary/aromatic N) is 3. The molecule has 0 atom stereocenters. The van der Waals surface area contributed by atoms with Crippen molar-refractivity contribution < 1.29 is 4.74 Å². The molecular weight excluding hydrogens is 264 g/mol. The van der Waals surface area contributed by atoms with Gasteiger partial charge in [-0.1, -0.05) is 23.4 Å². The van der Waals surface area contributed by atoms with E-state index in [4.69, 9.17) is 10.5 Å². The van der Waals surface area contributed by atoms with Gasteiger partial charge in [0.25, 0.3) is 0 Å². The maximum atomic E-state index is 6.21. The van der Waals surface area contributed by atoms with Crippen LogP contribution in [-0.2, 0) is 0 Å². The number of nitrogens with two attached hydrogens (primary N) is 1. The quantitative estimate of drug-likeness (QED) is 0.801. The van der Waals surface area contributed by atoms with Gasteiger partial charge < -0.3 is 10.5 Å². The maximum absolute atomic E-state index is 6.21. The molecule has 1 heterocycles. The van der Waals surface area contributed by atoms with E-state index in [-0.39, 0.29) is 0 Å². The number of benzene rings is 2. The standard InChI is InChI=1S/C16H16N4O/c1-11-5-3-4-6-14(11)20-16(17)15(18-19-20)12-7-9-13(21-2)10-8-12/h3-10H,17H2,1-2H3. The predicted molar refractivity (Wildman–Crippen MR) is 82.5 cm³/mol. The molecule has 0 aliphatic heterocycles. The fraction of sp³-hybridized carbons (Fsp3) is 0.125. The Morgan fingerprint density at radius 3 is 2.43 bits per heavy atom. The molecule has 2 N–H and O–H groups in total. The van der Waals surface area contributed by atoms with Crippen LogP contribution in [0.25, 0.3) is 16.9 Å². The molecule has 21 heavy (non-hydrogen) atoms. The molecule has 0 aliphatic rings. The van der Waals surface area contributed by atoms with Crippen LogP contribution < -0.4 is 10.5 Å². The maximum Gasteiger partial charge on any atom is 0.155 e. The van der Waals surface area contributed by atoms with Crippen LogP contribution in [0.2, 0.25) is 0 Å². The van der Waals surface area contributed by atoms with Crippen molar-refractivity contribution in [1.82, 2.24) is 15.0 Å². The fourth-order valence-electron chi connectivity index (χ4n) is 2.22. The van der Waals surface area contributed by atoms with Crippen LogP contribution >= 0.6 is 0 Å². The molecule has 0 radical (unpaired) electrons. The molecule has 0 amide bonds. The third kappa shape index (κ3) is 2.33. The Morgan fingerprint density at radius 2 is 1.76 bits per heavy atom. The van der Waals surface area contributed by atoms with Crippen molar-refractivity contribution in [3.63, 3.8) is 0 Å². The summed E-state index contributed by atoms with van der Waals surface area (Å²) in [6.45, 7) is 2.02. The number of nitrogen functional groups attached to an aromatic ring is 1. The van der Waals surface area contributed by atoms with Gasteiger partial charge in [0.15, 0.2) is 5.82 Å². The molecule has 0 saturated carbocycles. The lowest BCUT2D eigenvalue weighted by molar-refractivity contribution is 0.415. The molecule has 0 aliphatic carbocycles. The second kappa shape index (κ2) is 5.28. The highest BCUT2D eigenvalue weighted by Crippen LogP contribution is 2.27. The SMILES string of the molecule is COc1ccc(-c2nnn(-c3ccccc3C)c2N)cc1. The number of methoxy groups -OCH3 is 1. The van der Waals surface area contributed by atoms with Crippen molar-refractivity contribution in [1.29, 1.82) is 0 Å². The first-order chi connectivity index (χ1) is 10.2. The fourth-order valence-corrected chi connectivity index (χ4v) is 2.22. The van der Waals surface area contributed by atoms with Crippen LogP contribution in [0.1, 0.15) is 5.56 Å². The molecule has 3 aromatic rings. The van der Waals surface area contributed by atoms with E-state index in [9.17, 15) is 0 Å². The zero-order valence-corrected chi connectivity index (χ0v) is 11.9. The largest absolute Gasteiger partial charge is 0.497 e. The van der Waals surface area contributed by atoms with Gasteiger partial charge in [-0.05, 0) is 42.8 Å². The Balaban J connectivity index is 2.05. The van der Waals surface area contributed by atoms with Crippen LogP contribution in [-0.4, -0.2) is 22.1 Å². The summed E-state index contributed by atoms with van der Waals surface area (Å²) in [6, 6.07) is 15.5. The number of aryl methyl sites for hydroxylation is 1. The van der Waals surface area contributed by atoms with E-state index >= 15 is 0 Å². The van der Waals surface area contributed by atoms with Gasteiger partial charge in [-0.2, -0.15) is 4.68 Å². The average Bonchev–Trinajstić information content (AvgIpc) is 2.89. The van der Waals surface area contributed by atoms with E-state index in [0.717, 1.165) is 22.6 Å². The van der Waals surface area contributed by atoms with Crippen molar-refractivity contribution in [2.45, 2.75) is 6.92 Å². The van der Waals surface area contributed by atoms with Gasteiger partial charge in [-0.25, -0.2) is 0 Å². The van der Waals surface area contributed by atoms with E-state index < -0.39 is 0 Å². The minimum absolute atomic E-state index is 0.523. The highest BCUT2D eigenvalue weighted by Gasteiger charge is 2.14. The number of anilines is 1. The molecule has 0 spiro atoms. The van der Waals surface area contributed by atoms with Crippen LogP contribution in [0, 0.1) is 6.92 Å². The molecular formula is C16H16N4O. The zero-order chi connectivity index (χ0) is 14.8. The molecule has 5 heteroatoms. The lowest BCUT2D eigenvalue weighted by atomic mass is 10.1. The van der Waals surface area contributed by atoms with Crippen molar-refractivity contribution in [2.75, 3.05) is 12.8 Å². The monoisotopic (exact) mass is 280 g/mol. The average molecular weight is 280 g/mol. The summed E-state index contributed by atoms with van der Waals surface area (Å²) < 4.78 is 6.81. The number of rotatable bonds is 3. The molecule has 5 nitrogen and oxygen atoms in total. The van der Waals surface area contributed by atoms with Gasteiger partial charge in [0.1, 0.15) is 11.4 Å². The van der Waals surface area contributed by atoms with Crippen LogP contribution in [0.3, 0.4) is 0 Å². The Bertz CT molecular complexity index is 762. The molecule has 0 unspecified atom stereocenters. The molecule has 1 aromatic heterocycles. The highest BCUT2D eigenvalue weighted by atomic mass is 16.5. The lowest BCUT2D eigenvalue weighted by Crippen LogP contribution is -2.03. The third-order valence-corrected chi connectivity index (χ3v) is 3.41. The van der Waals surface area contributed by atoms with E-state index in [1.807, 2.05) is 55.5 Å². The molecule has 2 aromatic carbocycles. The van der Waals surface area contributed by atoms with E-state index in [2.05, 4.69) is 10.3 Å². The number of hydrogen-bond acceptors (Lipinski definition) is 4. The Morgan fingerprint density at radius 1 is 1.05 bits per heavy atom. The van der Waals surface area contributed by atoms with Gasteiger partial charge >= 0.3 is 0 Å². The first kappa shape index (κ1) is 13.2. The zero-order valence-electron chi connectivity index (χ0n) is 11.9. The van der Waals surface area contributed by atoms with Gasteiger partial charge in [-0.3, -0.25) is 0 Å². The first-order valence-corrected chi connectivity index (χ1v) is 6.62. The molecule has 3 rings (SSSR count). The summed E-state index contributed by atoms with van der Waals surface area (Å²) in [4.78, 5) is 0.